The van der Waals surface area contributed by atoms with Crippen molar-refractivity contribution < 1.29 is 28.6 Å². The Bertz CT molecular complexity index is 1140. The molecule has 0 aliphatic carbocycles. The Morgan fingerprint density at radius 2 is 1.82 bits per heavy atom. The minimum Gasteiger partial charge on any atom is -0.489 e. The third kappa shape index (κ3) is 4.78. The molecule has 1 fully saturated rings. The molecular formula is C26H29NO6S. The molecule has 2 aliphatic heterocycles. The van der Waals surface area contributed by atoms with Crippen molar-refractivity contribution in [3.05, 3.63) is 52.1 Å². The van der Waals surface area contributed by atoms with Crippen molar-refractivity contribution in [2.75, 3.05) is 12.4 Å². The number of esters is 1. The number of nitrogens with zero attached hydrogens (tertiary/aromatic N) is 1. The van der Waals surface area contributed by atoms with Crippen molar-refractivity contribution in [1.29, 1.82) is 0 Å². The number of fused-ring (bicyclic) bond motifs is 1. The molecule has 2 aliphatic rings. The van der Waals surface area contributed by atoms with Crippen LogP contribution in [0.5, 0.6) is 17.2 Å². The van der Waals surface area contributed by atoms with E-state index in [0.717, 1.165) is 58.2 Å². The van der Waals surface area contributed by atoms with E-state index in [0.29, 0.717) is 18.1 Å². The maximum absolute atomic E-state index is 11.8. The van der Waals surface area contributed by atoms with Crippen LogP contribution in [0.2, 0.25) is 0 Å². The number of ether oxygens (including phenoxy) is 3. The molecule has 34 heavy (non-hydrogen) atoms. The van der Waals surface area contributed by atoms with Crippen molar-refractivity contribution in [3.63, 3.8) is 0 Å². The smallest absolute Gasteiger partial charge is 0.308 e. The van der Waals surface area contributed by atoms with Crippen molar-refractivity contribution in [2.24, 2.45) is 0 Å². The van der Waals surface area contributed by atoms with E-state index in [2.05, 4.69) is 0 Å². The summed E-state index contributed by atoms with van der Waals surface area (Å²) in [5.41, 5.74) is 4.25. The number of rotatable bonds is 6. The molecule has 0 radical (unpaired) electrons. The first-order valence-corrected chi connectivity index (χ1v) is 12.3. The summed E-state index contributed by atoms with van der Waals surface area (Å²) in [5, 5.41) is -0.200. The van der Waals surface area contributed by atoms with E-state index >= 15 is 0 Å². The van der Waals surface area contributed by atoms with Crippen LogP contribution in [-0.4, -0.2) is 40.0 Å². The van der Waals surface area contributed by atoms with Crippen molar-refractivity contribution >= 4 is 28.9 Å². The van der Waals surface area contributed by atoms with Gasteiger partial charge in [-0.25, -0.2) is 0 Å². The molecule has 2 amide bonds. The zero-order valence-electron chi connectivity index (χ0n) is 20.1. The number of imide groups is 1. The first-order chi connectivity index (χ1) is 16.1. The fourth-order valence-corrected chi connectivity index (χ4v) is 5.05. The summed E-state index contributed by atoms with van der Waals surface area (Å²) in [7, 11) is 0. The first kappa shape index (κ1) is 24.1. The number of hydrogen-bond donors (Lipinski definition) is 0. The van der Waals surface area contributed by atoms with Gasteiger partial charge in [-0.2, -0.15) is 0 Å². The second kappa shape index (κ2) is 9.33. The predicted molar refractivity (Wildman–Crippen MR) is 130 cm³/mol. The standard InChI is InChI=1S/C26H29NO6S/c1-15-16(2)24-21(17(3)23(15)32-18(4)28)10-11-26(5,33-24)14-31-20-8-6-19(7-9-20)12-27-22(29)13-34-25(27)30/h6-9H,10-14H2,1-5H3. The SMILES string of the molecule is CC(=O)Oc1c(C)c(C)c2c(c1C)CCC(C)(COc1ccc(CN3C(=O)CSC3=O)cc1)O2. The highest BCUT2D eigenvalue weighted by molar-refractivity contribution is 8.14. The Balaban J connectivity index is 1.43. The highest BCUT2D eigenvalue weighted by Gasteiger charge is 2.36. The second-order valence-electron chi connectivity index (χ2n) is 9.12. The molecule has 2 heterocycles. The van der Waals surface area contributed by atoms with E-state index in [1.165, 1.54) is 11.8 Å². The van der Waals surface area contributed by atoms with Gasteiger partial charge < -0.3 is 14.2 Å². The minimum absolute atomic E-state index is 0.154. The zero-order chi connectivity index (χ0) is 24.6. The number of hydrogen-bond acceptors (Lipinski definition) is 7. The van der Waals surface area contributed by atoms with Crippen LogP contribution in [0.25, 0.3) is 0 Å². The van der Waals surface area contributed by atoms with Crippen LogP contribution in [-0.2, 0) is 22.6 Å². The Morgan fingerprint density at radius 1 is 1.12 bits per heavy atom. The predicted octanol–water partition coefficient (Wildman–Crippen LogP) is 4.90. The zero-order valence-corrected chi connectivity index (χ0v) is 21.0. The van der Waals surface area contributed by atoms with Crippen LogP contribution in [0.15, 0.2) is 24.3 Å². The van der Waals surface area contributed by atoms with Crippen LogP contribution in [0, 0.1) is 20.8 Å². The lowest BCUT2D eigenvalue weighted by atomic mass is 9.87. The summed E-state index contributed by atoms with van der Waals surface area (Å²) in [4.78, 5) is 36.4. The lowest BCUT2D eigenvalue weighted by molar-refractivity contribution is -0.132. The highest BCUT2D eigenvalue weighted by atomic mass is 32.2. The number of thioether (sulfide) groups is 1. The monoisotopic (exact) mass is 483 g/mol. The summed E-state index contributed by atoms with van der Waals surface area (Å²) in [5.74, 6) is 1.90. The Kier molecular flexibility index (Phi) is 6.62. The minimum atomic E-state index is -0.510. The van der Waals surface area contributed by atoms with Gasteiger partial charge in [0.2, 0.25) is 5.91 Å². The number of amides is 2. The number of carbonyl (C=O) groups is 3. The Morgan fingerprint density at radius 3 is 2.44 bits per heavy atom. The highest BCUT2D eigenvalue weighted by Crippen LogP contribution is 2.44. The van der Waals surface area contributed by atoms with Crippen LogP contribution in [0.4, 0.5) is 4.79 Å². The average Bonchev–Trinajstić information content (AvgIpc) is 3.12. The van der Waals surface area contributed by atoms with Crippen molar-refractivity contribution in [2.45, 2.75) is 59.6 Å². The number of benzene rings is 2. The van der Waals surface area contributed by atoms with Crippen molar-refractivity contribution in [3.8, 4) is 17.2 Å². The summed E-state index contributed by atoms with van der Waals surface area (Å²) < 4.78 is 18.0. The van der Waals surface area contributed by atoms with Gasteiger partial charge in [0.25, 0.3) is 5.24 Å². The molecule has 0 saturated carbocycles. The van der Waals surface area contributed by atoms with Gasteiger partial charge in [-0.15, -0.1) is 0 Å². The topological polar surface area (TPSA) is 82.1 Å². The lowest BCUT2D eigenvalue weighted by Crippen LogP contribution is -2.42. The molecule has 1 saturated heterocycles. The van der Waals surface area contributed by atoms with Gasteiger partial charge in [-0.1, -0.05) is 23.9 Å². The fraction of sp³-hybridized carbons (Fsp3) is 0.423. The molecule has 4 rings (SSSR count). The number of carbonyl (C=O) groups excluding carboxylic acids is 3. The summed E-state index contributed by atoms with van der Waals surface area (Å²) >= 11 is 1.04. The molecule has 1 unspecified atom stereocenters. The van der Waals surface area contributed by atoms with Crippen LogP contribution < -0.4 is 14.2 Å². The third-order valence-corrected chi connectivity index (χ3v) is 7.32. The average molecular weight is 484 g/mol. The molecule has 0 N–H and O–H groups in total. The maximum Gasteiger partial charge on any atom is 0.308 e. The second-order valence-corrected chi connectivity index (χ2v) is 10.1. The van der Waals surface area contributed by atoms with Crippen LogP contribution >= 0.6 is 11.8 Å². The van der Waals surface area contributed by atoms with Gasteiger partial charge in [0, 0.05) is 12.5 Å². The van der Waals surface area contributed by atoms with E-state index in [1.54, 1.807) is 0 Å². The largest absolute Gasteiger partial charge is 0.489 e. The quantitative estimate of drug-likeness (QED) is 0.427. The van der Waals surface area contributed by atoms with Crippen LogP contribution in [0.3, 0.4) is 0 Å². The Labute approximate surface area is 203 Å². The van der Waals surface area contributed by atoms with Gasteiger partial charge >= 0.3 is 5.97 Å². The summed E-state index contributed by atoms with van der Waals surface area (Å²) in [6.07, 6.45) is 1.56. The molecule has 180 valence electrons. The summed E-state index contributed by atoms with van der Waals surface area (Å²) in [6, 6.07) is 7.43. The maximum atomic E-state index is 11.8. The molecule has 0 bridgehead atoms. The summed E-state index contributed by atoms with van der Waals surface area (Å²) in [6.45, 7) is 9.99. The van der Waals surface area contributed by atoms with E-state index < -0.39 is 5.60 Å². The molecule has 2 aromatic rings. The fourth-order valence-electron chi connectivity index (χ4n) is 4.32. The normalized spacial score (nSPS) is 19.6. The van der Waals surface area contributed by atoms with Gasteiger partial charge in [-0.3, -0.25) is 19.3 Å². The van der Waals surface area contributed by atoms with Gasteiger partial charge in [0.05, 0.1) is 12.3 Å². The van der Waals surface area contributed by atoms with Crippen molar-refractivity contribution in [1.82, 2.24) is 4.90 Å². The van der Waals surface area contributed by atoms with Gasteiger partial charge in [0.15, 0.2) is 0 Å². The molecule has 0 aromatic heterocycles. The Hall–Kier alpha value is -3.00. The van der Waals surface area contributed by atoms with E-state index in [4.69, 9.17) is 14.2 Å². The molecule has 7 nitrogen and oxygen atoms in total. The van der Waals surface area contributed by atoms with Gasteiger partial charge in [-0.05, 0) is 74.9 Å². The van der Waals surface area contributed by atoms with Gasteiger partial charge in [0.1, 0.15) is 29.5 Å². The first-order valence-electron chi connectivity index (χ1n) is 11.3. The van der Waals surface area contributed by atoms with Crippen LogP contribution in [0.1, 0.15) is 48.1 Å². The van der Waals surface area contributed by atoms with E-state index in [9.17, 15) is 14.4 Å². The molecular weight excluding hydrogens is 454 g/mol. The van der Waals surface area contributed by atoms with E-state index in [-0.39, 0.29) is 29.4 Å². The molecule has 8 heteroatoms. The molecule has 1 atom stereocenters. The lowest BCUT2D eigenvalue weighted by Gasteiger charge is -2.37. The third-order valence-electron chi connectivity index (χ3n) is 6.46. The molecule has 0 spiro atoms. The van der Waals surface area contributed by atoms with E-state index in [1.807, 2.05) is 52.0 Å². The molecule has 2 aromatic carbocycles.